The molecule has 0 aliphatic carbocycles. The number of nitrogens with one attached hydrogen (secondary N) is 1. The number of benzene rings is 4. The number of halogens is 2. The number of para-hydroxylation sites is 1. The first-order chi connectivity index (χ1) is 18.7. The maximum atomic E-state index is 13.9. The van der Waals surface area contributed by atoms with Crippen molar-refractivity contribution in [2.75, 3.05) is 15.4 Å². The Bertz CT molecular complexity index is 1610. The molecule has 39 heavy (non-hydrogen) atoms. The van der Waals surface area contributed by atoms with Crippen LogP contribution < -0.4 is 9.62 Å². The Balaban J connectivity index is 1.62. The lowest BCUT2D eigenvalue weighted by Crippen LogP contribution is -2.38. The van der Waals surface area contributed by atoms with Gasteiger partial charge in [0.1, 0.15) is 11.7 Å². The monoisotopic (exact) mass is 578 g/mol. The van der Waals surface area contributed by atoms with Gasteiger partial charge in [0.25, 0.3) is 0 Å². The topological polar surface area (TPSA) is 83.6 Å². The summed E-state index contributed by atoms with van der Waals surface area (Å²) in [4.78, 5) is 26.9. The summed E-state index contributed by atoms with van der Waals surface area (Å²) in [6, 6.07) is 28.9. The number of hydrogen-bond acceptors (Lipinski definition) is 4. The van der Waals surface area contributed by atoms with Gasteiger partial charge < -0.3 is 5.32 Å². The lowest BCUT2D eigenvalue weighted by Gasteiger charge is -2.33. The standard InChI is InChI=1S/C30H24Cl2N2O4S/c31-22-12-10-20(11-13-22)18-27(21-6-2-1-3-7-21)34-26-9-5-4-8-25(26)29(28(35)19-39(34,37)38)30(36)33-24-16-14-23(32)15-17-24/h1-17,27,29H,18-19H2,(H,33,36). The van der Waals surface area contributed by atoms with E-state index in [1.807, 2.05) is 42.5 Å². The zero-order chi connectivity index (χ0) is 27.6. The van der Waals surface area contributed by atoms with Gasteiger partial charge in [0.15, 0.2) is 5.78 Å². The Labute approximate surface area is 237 Å². The summed E-state index contributed by atoms with van der Waals surface area (Å²) in [7, 11) is -4.18. The molecular weight excluding hydrogens is 555 g/mol. The molecular formula is C30H24Cl2N2O4S. The van der Waals surface area contributed by atoms with E-state index in [-0.39, 0.29) is 0 Å². The molecule has 198 valence electrons. The van der Waals surface area contributed by atoms with Crippen LogP contribution in [0, 0.1) is 0 Å². The van der Waals surface area contributed by atoms with Gasteiger partial charge in [-0.15, -0.1) is 0 Å². The van der Waals surface area contributed by atoms with Gasteiger partial charge in [-0.1, -0.05) is 83.9 Å². The quantitative estimate of drug-likeness (QED) is 0.268. The van der Waals surface area contributed by atoms with Crippen molar-refractivity contribution in [1.82, 2.24) is 0 Å². The average Bonchev–Trinajstić information content (AvgIpc) is 3.00. The van der Waals surface area contributed by atoms with Crippen molar-refractivity contribution in [3.63, 3.8) is 0 Å². The molecule has 2 unspecified atom stereocenters. The van der Waals surface area contributed by atoms with E-state index in [0.717, 1.165) is 11.1 Å². The Morgan fingerprint density at radius 3 is 2.10 bits per heavy atom. The van der Waals surface area contributed by atoms with Crippen molar-refractivity contribution in [3.05, 3.63) is 130 Å². The maximum absolute atomic E-state index is 13.9. The summed E-state index contributed by atoms with van der Waals surface area (Å²) in [5.74, 6) is -3.44. The number of rotatable bonds is 6. The summed E-state index contributed by atoms with van der Waals surface area (Å²) >= 11 is 12.0. The SMILES string of the molecule is O=C1CS(=O)(=O)N(C(Cc2ccc(Cl)cc2)c2ccccc2)c2ccccc2C1C(=O)Nc1ccc(Cl)cc1. The number of amides is 1. The minimum Gasteiger partial charge on any atom is -0.325 e. The second kappa shape index (κ2) is 11.2. The Kier molecular flexibility index (Phi) is 7.75. The Morgan fingerprint density at radius 1 is 0.846 bits per heavy atom. The molecule has 1 aliphatic heterocycles. The van der Waals surface area contributed by atoms with Gasteiger partial charge in [0.05, 0.1) is 11.7 Å². The highest BCUT2D eigenvalue weighted by Gasteiger charge is 2.43. The molecule has 0 bridgehead atoms. The number of fused-ring (bicyclic) bond motifs is 1. The molecule has 2 atom stereocenters. The molecule has 0 saturated heterocycles. The highest BCUT2D eigenvalue weighted by atomic mass is 35.5. The number of ketones is 1. The van der Waals surface area contributed by atoms with Gasteiger partial charge in [0, 0.05) is 15.7 Å². The Hall–Kier alpha value is -3.65. The van der Waals surface area contributed by atoms with E-state index in [4.69, 9.17) is 23.2 Å². The molecule has 0 saturated carbocycles. The van der Waals surface area contributed by atoms with E-state index < -0.39 is 39.4 Å². The second-order valence-corrected chi connectivity index (χ2v) is 12.0. The van der Waals surface area contributed by atoms with E-state index in [9.17, 15) is 18.0 Å². The van der Waals surface area contributed by atoms with Crippen molar-refractivity contribution in [3.8, 4) is 0 Å². The van der Waals surface area contributed by atoms with E-state index >= 15 is 0 Å². The molecule has 5 rings (SSSR count). The van der Waals surface area contributed by atoms with E-state index in [0.29, 0.717) is 33.4 Å². The van der Waals surface area contributed by atoms with Gasteiger partial charge in [-0.3, -0.25) is 13.9 Å². The number of hydrogen-bond donors (Lipinski definition) is 1. The van der Waals surface area contributed by atoms with Crippen molar-refractivity contribution in [1.29, 1.82) is 0 Å². The second-order valence-electron chi connectivity index (χ2n) is 9.26. The first-order valence-corrected chi connectivity index (χ1v) is 14.6. The fraction of sp³-hybridized carbons (Fsp3) is 0.133. The molecule has 0 fully saturated rings. The molecule has 1 N–H and O–H groups in total. The van der Waals surface area contributed by atoms with Crippen LogP contribution in [-0.2, 0) is 26.0 Å². The summed E-state index contributed by atoms with van der Waals surface area (Å²) in [6.45, 7) is 0. The Morgan fingerprint density at radius 2 is 1.44 bits per heavy atom. The number of carbonyl (C=O) groups excluding carboxylic acids is 2. The molecule has 4 aromatic rings. The lowest BCUT2D eigenvalue weighted by atomic mass is 9.91. The first-order valence-electron chi connectivity index (χ1n) is 12.2. The van der Waals surface area contributed by atoms with Crippen LogP contribution in [0.4, 0.5) is 11.4 Å². The van der Waals surface area contributed by atoms with Gasteiger partial charge in [-0.05, 0) is 65.6 Å². The highest BCUT2D eigenvalue weighted by molar-refractivity contribution is 7.93. The molecule has 6 nitrogen and oxygen atoms in total. The third-order valence-electron chi connectivity index (χ3n) is 6.62. The summed E-state index contributed by atoms with van der Waals surface area (Å²) < 4.78 is 29.2. The molecule has 1 aliphatic rings. The van der Waals surface area contributed by atoms with Crippen LogP contribution in [0.2, 0.25) is 10.0 Å². The smallest absolute Gasteiger partial charge is 0.242 e. The number of Topliss-reactive ketones (excluding diaryl/α,β-unsaturated/α-hetero) is 1. The molecule has 4 aromatic carbocycles. The van der Waals surface area contributed by atoms with E-state index in [1.165, 1.54) is 4.31 Å². The van der Waals surface area contributed by atoms with Crippen LogP contribution >= 0.6 is 23.2 Å². The van der Waals surface area contributed by atoms with Crippen molar-refractivity contribution < 1.29 is 18.0 Å². The maximum Gasteiger partial charge on any atom is 0.242 e. The highest BCUT2D eigenvalue weighted by Crippen LogP contribution is 2.41. The normalized spacial score (nSPS) is 17.1. The van der Waals surface area contributed by atoms with Crippen molar-refractivity contribution in [2.24, 2.45) is 0 Å². The number of sulfonamides is 1. The molecule has 1 heterocycles. The minimum absolute atomic E-state index is 0.294. The third kappa shape index (κ3) is 5.86. The molecule has 0 spiro atoms. The minimum atomic E-state index is -4.18. The molecule has 9 heteroatoms. The number of anilines is 2. The summed E-state index contributed by atoms with van der Waals surface area (Å²) in [5, 5.41) is 3.81. The van der Waals surface area contributed by atoms with Crippen LogP contribution in [0.1, 0.15) is 28.7 Å². The van der Waals surface area contributed by atoms with Crippen molar-refractivity contribution in [2.45, 2.75) is 18.4 Å². The van der Waals surface area contributed by atoms with Crippen LogP contribution in [-0.4, -0.2) is 25.9 Å². The number of carbonyl (C=O) groups is 2. The first kappa shape index (κ1) is 26.9. The lowest BCUT2D eigenvalue weighted by molar-refractivity contribution is -0.126. The van der Waals surface area contributed by atoms with Crippen LogP contribution in [0.5, 0.6) is 0 Å². The number of nitrogens with zero attached hydrogens (tertiary/aromatic N) is 1. The zero-order valence-electron chi connectivity index (χ0n) is 20.6. The summed E-state index contributed by atoms with van der Waals surface area (Å²) in [5.41, 5.74) is 2.69. The molecule has 1 amide bonds. The fourth-order valence-corrected chi connectivity index (χ4v) is 6.81. The van der Waals surface area contributed by atoms with Crippen LogP contribution in [0.25, 0.3) is 0 Å². The molecule has 0 radical (unpaired) electrons. The predicted octanol–water partition coefficient (Wildman–Crippen LogP) is 6.42. The van der Waals surface area contributed by atoms with E-state index in [1.54, 1.807) is 60.7 Å². The summed E-state index contributed by atoms with van der Waals surface area (Å²) in [6.07, 6.45) is 0.324. The fourth-order valence-electron chi connectivity index (χ4n) is 4.84. The van der Waals surface area contributed by atoms with Gasteiger partial charge in [-0.25, -0.2) is 8.42 Å². The largest absolute Gasteiger partial charge is 0.325 e. The predicted molar refractivity (Wildman–Crippen MR) is 155 cm³/mol. The average molecular weight is 580 g/mol. The van der Waals surface area contributed by atoms with Crippen molar-refractivity contribution >= 4 is 56.3 Å². The van der Waals surface area contributed by atoms with Gasteiger partial charge in [0.2, 0.25) is 15.9 Å². The van der Waals surface area contributed by atoms with Gasteiger partial charge in [-0.2, -0.15) is 0 Å². The van der Waals surface area contributed by atoms with Crippen LogP contribution in [0.3, 0.4) is 0 Å². The zero-order valence-corrected chi connectivity index (χ0v) is 23.0. The third-order valence-corrected chi connectivity index (χ3v) is 8.82. The van der Waals surface area contributed by atoms with Crippen LogP contribution in [0.15, 0.2) is 103 Å². The molecule has 0 aromatic heterocycles. The van der Waals surface area contributed by atoms with Gasteiger partial charge >= 0.3 is 0 Å². The van der Waals surface area contributed by atoms with E-state index in [2.05, 4.69) is 5.32 Å².